The van der Waals surface area contributed by atoms with Crippen molar-refractivity contribution in [3.8, 4) is 0 Å². The number of amides is 1. The highest BCUT2D eigenvalue weighted by Gasteiger charge is 2.20. The van der Waals surface area contributed by atoms with Gasteiger partial charge in [0.25, 0.3) is 0 Å². The number of hydrogen-bond donors (Lipinski definition) is 2. The third-order valence-electron chi connectivity index (χ3n) is 4.06. The molecule has 2 aromatic carbocycles. The fourth-order valence-corrected chi connectivity index (χ4v) is 2.69. The van der Waals surface area contributed by atoms with E-state index in [1.807, 2.05) is 61.5 Å². The highest BCUT2D eigenvalue weighted by molar-refractivity contribution is 5.75. The van der Waals surface area contributed by atoms with Crippen molar-refractivity contribution < 1.29 is 9.90 Å². The van der Waals surface area contributed by atoms with Crippen LogP contribution in [-0.4, -0.2) is 18.1 Å². The van der Waals surface area contributed by atoms with E-state index in [2.05, 4.69) is 5.32 Å². The maximum absolute atomic E-state index is 11.5. The molecule has 0 aliphatic carbocycles. The molecule has 116 valence electrons. The third kappa shape index (κ3) is 3.95. The van der Waals surface area contributed by atoms with Gasteiger partial charge in [-0.05, 0) is 23.1 Å². The lowest BCUT2D eigenvalue weighted by molar-refractivity contribution is -0.120. The molecule has 0 aromatic heterocycles. The second kappa shape index (κ2) is 7.76. The van der Waals surface area contributed by atoms with E-state index in [0.29, 0.717) is 12.8 Å². The number of aryl methyl sites for hydroxylation is 1. The Kier molecular flexibility index (Phi) is 5.73. The maximum Gasteiger partial charge on any atom is 0.220 e. The second-order valence-corrected chi connectivity index (χ2v) is 5.52. The number of aliphatic hydroxyl groups is 1. The van der Waals surface area contributed by atoms with E-state index in [9.17, 15) is 9.90 Å². The van der Waals surface area contributed by atoms with Crippen LogP contribution in [0.2, 0.25) is 0 Å². The number of benzene rings is 2. The summed E-state index contributed by atoms with van der Waals surface area (Å²) in [6.45, 7) is 2.02. The van der Waals surface area contributed by atoms with Gasteiger partial charge in [-0.1, -0.05) is 61.5 Å². The Hall–Kier alpha value is -2.13. The SMILES string of the molecule is CNC(=O)CCc1ccccc1C(C)C(O)c1ccccc1. The van der Waals surface area contributed by atoms with Crippen molar-refractivity contribution in [1.82, 2.24) is 5.32 Å². The van der Waals surface area contributed by atoms with Crippen LogP contribution >= 0.6 is 0 Å². The van der Waals surface area contributed by atoms with E-state index in [1.165, 1.54) is 0 Å². The Bertz CT molecular complexity index is 610. The molecule has 0 aliphatic rings. The molecule has 0 saturated carbocycles. The predicted octanol–water partition coefficient (Wildman–Crippen LogP) is 3.20. The van der Waals surface area contributed by atoms with Gasteiger partial charge < -0.3 is 10.4 Å². The predicted molar refractivity (Wildman–Crippen MR) is 88.6 cm³/mol. The van der Waals surface area contributed by atoms with Gasteiger partial charge in [0.2, 0.25) is 5.91 Å². The van der Waals surface area contributed by atoms with Crippen LogP contribution in [0.5, 0.6) is 0 Å². The van der Waals surface area contributed by atoms with E-state index in [4.69, 9.17) is 0 Å². The molecular weight excluding hydrogens is 274 g/mol. The summed E-state index contributed by atoms with van der Waals surface area (Å²) in [5, 5.41) is 13.3. The van der Waals surface area contributed by atoms with Gasteiger partial charge in [-0.2, -0.15) is 0 Å². The highest BCUT2D eigenvalue weighted by atomic mass is 16.3. The molecule has 0 bridgehead atoms. The number of rotatable bonds is 6. The van der Waals surface area contributed by atoms with Gasteiger partial charge in [-0.25, -0.2) is 0 Å². The van der Waals surface area contributed by atoms with Crippen molar-refractivity contribution in [2.45, 2.75) is 31.8 Å². The largest absolute Gasteiger partial charge is 0.388 e. The third-order valence-corrected chi connectivity index (χ3v) is 4.06. The Morgan fingerprint density at radius 2 is 1.73 bits per heavy atom. The topological polar surface area (TPSA) is 49.3 Å². The summed E-state index contributed by atoms with van der Waals surface area (Å²) < 4.78 is 0. The first-order chi connectivity index (χ1) is 10.6. The summed E-state index contributed by atoms with van der Waals surface area (Å²) >= 11 is 0. The van der Waals surface area contributed by atoms with Crippen LogP contribution in [0, 0.1) is 0 Å². The number of hydrogen-bond acceptors (Lipinski definition) is 2. The van der Waals surface area contributed by atoms with Crippen molar-refractivity contribution in [1.29, 1.82) is 0 Å². The van der Waals surface area contributed by atoms with Crippen LogP contribution in [0.4, 0.5) is 0 Å². The molecule has 2 atom stereocenters. The molecule has 0 saturated heterocycles. The molecule has 0 fully saturated rings. The molecular formula is C19H23NO2. The van der Waals surface area contributed by atoms with Crippen molar-refractivity contribution in [3.05, 3.63) is 71.3 Å². The first-order valence-electron chi connectivity index (χ1n) is 7.65. The Morgan fingerprint density at radius 3 is 2.41 bits per heavy atom. The highest BCUT2D eigenvalue weighted by Crippen LogP contribution is 2.32. The van der Waals surface area contributed by atoms with E-state index in [1.54, 1.807) is 7.05 Å². The molecule has 0 radical (unpaired) electrons. The van der Waals surface area contributed by atoms with Gasteiger partial charge in [-0.15, -0.1) is 0 Å². The second-order valence-electron chi connectivity index (χ2n) is 5.52. The molecule has 0 spiro atoms. The summed E-state index contributed by atoms with van der Waals surface area (Å²) in [4.78, 5) is 11.5. The van der Waals surface area contributed by atoms with Gasteiger partial charge in [-0.3, -0.25) is 4.79 Å². The van der Waals surface area contributed by atoms with Crippen LogP contribution in [0.1, 0.15) is 42.1 Å². The zero-order valence-corrected chi connectivity index (χ0v) is 13.1. The zero-order valence-electron chi connectivity index (χ0n) is 13.1. The monoisotopic (exact) mass is 297 g/mol. The van der Waals surface area contributed by atoms with Crippen molar-refractivity contribution in [3.63, 3.8) is 0 Å². The van der Waals surface area contributed by atoms with E-state index in [0.717, 1.165) is 16.7 Å². The minimum atomic E-state index is -0.553. The van der Waals surface area contributed by atoms with E-state index < -0.39 is 6.10 Å². The first kappa shape index (κ1) is 16.2. The number of nitrogens with one attached hydrogen (secondary N) is 1. The molecule has 2 rings (SSSR count). The molecule has 0 aliphatic heterocycles. The van der Waals surface area contributed by atoms with Crippen LogP contribution in [0.3, 0.4) is 0 Å². The number of aliphatic hydroxyl groups excluding tert-OH is 1. The average molecular weight is 297 g/mol. The zero-order chi connectivity index (χ0) is 15.9. The summed E-state index contributed by atoms with van der Waals surface area (Å²) in [6, 6.07) is 17.7. The molecule has 1 amide bonds. The van der Waals surface area contributed by atoms with Crippen molar-refractivity contribution in [2.75, 3.05) is 7.05 Å². The van der Waals surface area contributed by atoms with Crippen LogP contribution in [-0.2, 0) is 11.2 Å². The van der Waals surface area contributed by atoms with Gasteiger partial charge in [0, 0.05) is 19.4 Å². The van der Waals surface area contributed by atoms with Gasteiger partial charge in [0.1, 0.15) is 0 Å². The Balaban J connectivity index is 2.18. The van der Waals surface area contributed by atoms with Crippen LogP contribution < -0.4 is 5.32 Å². The average Bonchev–Trinajstić information content (AvgIpc) is 2.59. The lowest BCUT2D eigenvalue weighted by Gasteiger charge is -2.22. The summed E-state index contributed by atoms with van der Waals surface area (Å²) in [6.07, 6.45) is 0.589. The Morgan fingerprint density at radius 1 is 1.09 bits per heavy atom. The van der Waals surface area contributed by atoms with Crippen molar-refractivity contribution >= 4 is 5.91 Å². The lowest BCUT2D eigenvalue weighted by atomic mass is 9.86. The molecule has 2 unspecified atom stereocenters. The van der Waals surface area contributed by atoms with Crippen LogP contribution in [0.25, 0.3) is 0 Å². The molecule has 2 aromatic rings. The quantitative estimate of drug-likeness (QED) is 0.860. The van der Waals surface area contributed by atoms with Gasteiger partial charge in [0.05, 0.1) is 6.10 Å². The maximum atomic E-state index is 11.5. The standard InChI is InChI=1S/C19H23NO2/c1-14(19(22)16-9-4-3-5-10-16)17-11-7-6-8-15(17)12-13-18(21)20-2/h3-11,14,19,22H,12-13H2,1-2H3,(H,20,21). The van der Waals surface area contributed by atoms with E-state index in [-0.39, 0.29) is 11.8 Å². The number of carbonyl (C=O) groups is 1. The Labute approximate surface area is 132 Å². The summed E-state index contributed by atoms with van der Waals surface area (Å²) in [7, 11) is 1.65. The molecule has 3 heteroatoms. The molecule has 3 nitrogen and oxygen atoms in total. The molecule has 22 heavy (non-hydrogen) atoms. The normalized spacial score (nSPS) is 13.4. The molecule has 0 heterocycles. The minimum absolute atomic E-state index is 0.0247. The number of carbonyl (C=O) groups excluding carboxylic acids is 1. The van der Waals surface area contributed by atoms with Crippen LogP contribution in [0.15, 0.2) is 54.6 Å². The fraction of sp³-hybridized carbons (Fsp3) is 0.316. The minimum Gasteiger partial charge on any atom is -0.388 e. The van der Waals surface area contributed by atoms with Gasteiger partial charge in [0.15, 0.2) is 0 Å². The molecule has 2 N–H and O–H groups in total. The van der Waals surface area contributed by atoms with E-state index >= 15 is 0 Å². The fourth-order valence-electron chi connectivity index (χ4n) is 2.69. The lowest BCUT2D eigenvalue weighted by Crippen LogP contribution is -2.18. The summed E-state index contributed by atoms with van der Waals surface area (Å²) in [5.41, 5.74) is 3.13. The van der Waals surface area contributed by atoms with Gasteiger partial charge >= 0.3 is 0 Å². The first-order valence-corrected chi connectivity index (χ1v) is 7.65. The smallest absolute Gasteiger partial charge is 0.220 e. The summed E-state index contributed by atoms with van der Waals surface area (Å²) in [5.74, 6) is 0.00866. The van der Waals surface area contributed by atoms with Crippen molar-refractivity contribution in [2.24, 2.45) is 0 Å².